The van der Waals surface area contributed by atoms with E-state index >= 15 is 0 Å². The second-order valence-corrected chi connectivity index (χ2v) is 5.68. The monoisotopic (exact) mass is 180 g/mol. The van der Waals surface area contributed by atoms with E-state index in [9.17, 15) is 0 Å². The minimum Gasteiger partial charge on any atom is -0.0628 e. The molecule has 0 aromatic rings. The lowest BCUT2D eigenvalue weighted by Gasteiger charge is -2.23. The molecule has 2 atom stereocenters. The van der Waals surface area contributed by atoms with E-state index in [1.165, 1.54) is 19.3 Å². The maximum atomic E-state index is 2.39. The molecule has 0 amide bonds. The van der Waals surface area contributed by atoms with Crippen LogP contribution in [0.1, 0.15) is 58.8 Å². The summed E-state index contributed by atoms with van der Waals surface area (Å²) >= 11 is 0. The van der Waals surface area contributed by atoms with Crippen LogP contribution in [0.4, 0.5) is 0 Å². The fraction of sp³-hybridized carbons (Fsp3) is 1.00. The van der Waals surface area contributed by atoms with Crippen LogP contribution in [0.25, 0.3) is 0 Å². The Morgan fingerprint density at radius 1 is 0.923 bits per heavy atom. The van der Waals surface area contributed by atoms with Gasteiger partial charge in [0.2, 0.25) is 0 Å². The normalized spacial score (nSPS) is 39.5. The van der Waals surface area contributed by atoms with E-state index in [-0.39, 0.29) is 0 Å². The highest BCUT2D eigenvalue weighted by atomic mass is 14.4. The van der Waals surface area contributed by atoms with Crippen LogP contribution in [0.5, 0.6) is 0 Å². The third-order valence-corrected chi connectivity index (χ3v) is 4.26. The maximum Gasteiger partial charge on any atom is -0.0355 e. The molecule has 2 rings (SSSR count). The zero-order chi connectivity index (χ0) is 9.26. The predicted molar refractivity (Wildman–Crippen MR) is 57.6 cm³/mol. The largest absolute Gasteiger partial charge is 0.0628 e. The molecule has 0 radical (unpaired) electrons. The zero-order valence-corrected chi connectivity index (χ0v) is 9.26. The minimum atomic E-state index is 0.922. The van der Waals surface area contributed by atoms with Crippen LogP contribution in [0.2, 0.25) is 0 Å². The smallest absolute Gasteiger partial charge is 0.0355 e. The first-order chi connectivity index (χ1) is 6.27. The molecule has 2 aliphatic rings. The van der Waals surface area contributed by atoms with Crippen molar-refractivity contribution in [2.24, 2.45) is 23.7 Å². The molecule has 2 aliphatic carbocycles. The Bertz CT molecular complexity index is 145. The molecule has 2 unspecified atom stereocenters. The van der Waals surface area contributed by atoms with E-state index in [1.807, 2.05) is 0 Å². The summed E-state index contributed by atoms with van der Waals surface area (Å²) < 4.78 is 0. The average molecular weight is 180 g/mol. The van der Waals surface area contributed by atoms with Crippen LogP contribution in [0.15, 0.2) is 0 Å². The highest BCUT2D eigenvalue weighted by Gasteiger charge is 2.36. The number of hydrogen-bond acceptors (Lipinski definition) is 0. The number of fused-ring (bicyclic) bond motifs is 2. The van der Waals surface area contributed by atoms with Crippen LogP contribution >= 0.6 is 0 Å². The Labute approximate surface area is 83.1 Å². The summed E-state index contributed by atoms with van der Waals surface area (Å²) in [7, 11) is 0. The fourth-order valence-corrected chi connectivity index (χ4v) is 3.70. The Hall–Kier alpha value is 0. The van der Waals surface area contributed by atoms with Crippen molar-refractivity contribution in [2.45, 2.75) is 58.8 Å². The minimum absolute atomic E-state index is 0.922. The fourth-order valence-electron chi connectivity index (χ4n) is 3.70. The van der Waals surface area contributed by atoms with Crippen LogP contribution in [-0.4, -0.2) is 0 Å². The third kappa shape index (κ3) is 2.08. The molecule has 0 aromatic heterocycles. The van der Waals surface area contributed by atoms with Gasteiger partial charge in [-0.2, -0.15) is 0 Å². The van der Waals surface area contributed by atoms with Gasteiger partial charge in [0.05, 0.1) is 0 Å². The van der Waals surface area contributed by atoms with Gasteiger partial charge in [0.1, 0.15) is 0 Å². The van der Waals surface area contributed by atoms with Gasteiger partial charge >= 0.3 is 0 Å². The molecule has 0 nitrogen and oxygen atoms in total. The molecule has 0 spiro atoms. The maximum absolute atomic E-state index is 2.39. The molecule has 0 N–H and O–H groups in total. The van der Waals surface area contributed by atoms with Gasteiger partial charge in [0, 0.05) is 0 Å². The molecular weight excluding hydrogens is 156 g/mol. The van der Waals surface area contributed by atoms with Crippen molar-refractivity contribution >= 4 is 0 Å². The van der Waals surface area contributed by atoms with Gasteiger partial charge in [0.25, 0.3) is 0 Å². The van der Waals surface area contributed by atoms with E-state index in [4.69, 9.17) is 0 Å². The first-order valence-corrected chi connectivity index (χ1v) is 6.27. The van der Waals surface area contributed by atoms with Gasteiger partial charge in [-0.3, -0.25) is 0 Å². The predicted octanol–water partition coefficient (Wildman–Crippen LogP) is 4.25. The summed E-state index contributed by atoms with van der Waals surface area (Å²) in [6.45, 7) is 4.79. The molecule has 0 heterocycles. The van der Waals surface area contributed by atoms with Crippen LogP contribution in [0, 0.1) is 23.7 Å². The molecule has 76 valence electrons. The summed E-state index contributed by atoms with van der Waals surface area (Å²) in [6.07, 6.45) is 10.8. The van der Waals surface area contributed by atoms with Gasteiger partial charge in [-0.15, -0.1) is 0 Å². The highest BCUT2D eigenvalue weighted by molar-refractivity contribution is 4.87. The first-order valence-electron chi connectivity index (χ1n) is 6.27. The Kier molecular flexibility index (Phi) is 2.96. The number of rotatable bonds is 2. The van der Waals surface area contributed by atoms with Crippen molar-refractivity contribution in [1.82, 2.24) is 0 Å². The standard InChI is InChI=1S/C13H24/c1-10(2)9-13-11-5-3-4-6-12(13)8-7-11/h10-13H,3-9H2,1-2H3. The summed E-state index contributed by atoms with van der Waals surface area (Å²) in [5.41, 5.74) is 0. The molecule has 0 aromatic carbocycles. The molecule has 2 saturated carbocycles. The number of hydrogen-bond donors (Lipinski definition) is 0. The lowest BCUT2D eigenvalue weighted by molar-refractivity contribution is 0.263. The Balaban J connectivity index is 1.99. The van der Waals surface area contributed by atoms with Crippen molar-refractivity contribution in [1.29, 1.82) is 0 Å². The van der Waals surface area contributed by atoms with Crippen molar-refractivity contribution in [3.8, 4) is 0 Å². The van der Waals surface area contributed by atoms with E-state index in [0.717, 1.165) is 23.7 Å². The van der Waals surface area contributed by atoms with Gasteiger partial charge in [-0.1, -0.05) is 39.5 Å². The van der Waals surface area contributed by atoms with Gasteiger partial charge in [-0.25, -0.2) is 0 Å². The molecule has 0 saturated heterocycles. The molecule has 0 aliphatic heterocycles. The first kappa shape index (κ1) is 9.55. The molecule has 13 heavy (non-hydrogen) atoms. The average Bonchev–Trinajstić information content (AvgIpc) is 2.24. The van der Waals surface area contributed by atoms with E-state index in [2.05, 4.69) is 13.8 Å². The SMILES string of the molecule is CC(C)CC1C2CCCCC1CC2. The van der Waals surface area contributed by atoms with Gasteiger partial charge in [-0.05, 0) is 42.9 Å². The summed E-state index contributed by atoms with van der Waals surface area (Å²) in [5, 5.41) is 0. The Morgan fingerprint density at radius 3 is 1.92 bits per heavy atom. The lowest BCUT2D eigenvalue weighted by Crippen LogP contribution is -2.15. The highest BCUT2D eigenvalue weighted by Crippen LogP contribution is 2.47. The van der Waals surface area contributed by atoms with Crippen molar-refractivity contribution in [3.05, 3.63) is 0 Å². The van der Waals surface area contributed by atoms with Crippen LogP contribution in [-0.2, 0) is 0 Å². The van der Waals surface area contributed by atoms with Gasteiger partial charge in [0.15, 0.2) is 0 Å². The lowest BCUT2D eigenvalue weighted by atomic mass is 9.82. The Morgan fingerprint density at radius 2 is 1.46 bits per heavy atom. The molecular formula is C13H24. The zero-order valence-electron chi connectivity index (χ0n) is 9.26. The van der Waals surface area contributed by atoms with E-state index < -0.39 is 0 Å². The van der Waals surface area contributed by atoms with Crippen LogP contribution in [0.3, 0.4) is 0 Å². The topological polar surface area (TPSA) is 0 Å². The quantitative estimate of drug-likeness (QED) is 0.596. The molecule has 2 fully saturated rings. The molecule has 0 heteroatoms. The van der Waals surface area contributed by atoms with Crippen LogP contribution < -0.4 is 0 Å². The second kappa shape index (κ2) is 4.02. The third-order valence-electron chi connectivity index (χ3n) is 4.26. The second-order valence-electron chi connectivity index (χ2n) is 5.68. The summed E-state index contributed by atoms with van der Waals surface area (Å²) in [5.74, 6) is 4.28. The van der Waals surface area contributed by atoms with Gasteiger partial charge < -0.3 is 0 Å². The van der Waals surface area contributed by atoms with E-state index in [0.29, 0.717) is 0 Å². The summed E-state index contributed by atoms with van der Waals surface area (Å²) in [6, 6.07) is 0. The molecule has 2 bridgehead atoms. The van der Waals surface area contributed by atoms with E-state index in [1.54, 1.807) is 25.7 Å². The van der Waals surface area contributed by atoms with Crippen molar-refractivity contribution in [2.75, 3.05) is 0 Å². The van der Waals surface area contributed by atoms with Crippen molar-refractivity contribution < 1.29 is 0 Å². The van der Waals surface area contributed by atoms with Crippen molar-refractivity contribution in [3.63, 3.8) is 0 Å². The summed E-state index contributed by atoms with van der Waals surface area (Å²) in [4.78, 5) is 0.